The topological polar surface area (TPSA) is 155 Å². The van der Waals surface area contributed by atoms with E-state index in [2.05, 4.69) is 125 Å². The molecule has 1 fully saturated rings. The molecule has 0 radical (unpaired) electrons. The van der Waals surface area contributed by atoms with Crippen LogP contribution in [0.1, 0.15) is 70.8 Å². The molecule has 3 rings (SSSR count). The summed E-state index contributed by atoms with van der Waals surface area (Å²) in [5.41, 5.74) is 7.20. The van der Waals surface area contributed by atoms with Crippen LogP contribution in [0.25, 0.3) is 16.0 Å². The lowest BCUT2D eigenvalue weighted by Gasteiger charge is -2.28. The number of rotatable bonds is 5. The van der Waals surface area contributed by atoms with Crippen LogP contribution in [0.2, 0.25) is 0 Å². The number of hydrogen-bond donors (Lipinski definition) is 2. The van der Waals surface area contributed by atoms with E-state index in [1.807, 2.05) is 30.6 Å². The Balaban J connectivity index is -0.000000103. The number of anilines is 1. The number of hydrogen-bond acceptors (Lipinski definition) is 5. The zero-order chi connectivity index (χ0) is 34.0. The zero-order valence-electron chi connectivity index (χ0n) is 25.5. The molecule has 0 unspecified atom stereocenters. The third-order valence-corrected chi connectivity index (χ3v) is 5.09. The van der Waals surface area contributed by atoms with Gasteiger partial charge in [0.15, 0.2) is 0 Å². The monoisotopic (exact) mass is 622 g/mol. The van der Waals surface area contributed by atoms with Crippen molar-refractivity contribution in [3.63, 3.8) is 0 Å². The first-order chi connectivity index (χ1) is 22.2. The molecule has 0 aromatic carbocycles. The van der Waals surface area contributed by atoms with Crippen LogP contribution in [-0.2, 0) is 4.79 Å². The summed E-state index contributed by atoms with van der Waals surface area (Å²) in [6, 6.07) is 3.76. The third-order valence-electron chi connectivity index (χ3n) is 5.09. The second-order valence-corrected chi connectivity index (χ2v) is 9.68. The van der Waals surface area contributed by atoms with Gasteiger partial charge < -0.3 is 4.85 Å². The number of carbonyl (C=O) groups is 1. The lowest BCUT2D eigenvalue weighted by molar-refractivity contribution is -0.117. The number of aromatic nitrogens is 3. The molecule has 12 heteroatoms. The fourth-order valence-electron chi connectivity index (χ4n) is 3.23. The van der Waals surface area contributed by atoms with Crippen LogP contribution >= 0.6 is 0 Å². The fraction of sp³-hybridized carbons (Fsp3) is 0.294. The Morgan fingerprint density at radius 2 is 1.59 bits per heavy atom. The molecule has 0 atom stereocenters. The molecule has 1 aliphatic carbocycles. The summed E-state index contributed by atoms with van der Waals surface area (Å²) >= 11 is 0. The van der Waals surface area contributed by atoms with E-state index in [0.29, 0.717) is 29.9 Å². The summed E-state index contributed by atoms with van der Waals surface area (Å²) in [5.74, 6) is 37.8. The minimum absolute atomic E-state index is 0. The highest BCUT2D eigenvalue weighted by Gasteiger charge is 2.28. The van der Waals surface area contributed by atoms with E-state index in [9.17, 15) is 4.79 Å². The van der Waals surface area contributed by atoms with Crippen molar-refractivity contribution in [3.05, 3.63) is 28.5 Å². The molecule has 2 aromatic heterocycles. The molecule has 0 aliphatic heterocycles. The number of pyridine rings is 1. The van der Waals surface area contributed by atoms with Crippen molar-refractivity contribution in [1.29, 1.82) is 5.53 Å². The minimum Gasteiger partial charge on any atom is -0.361 e. The smallest absolute Gasteiger partial charge is 0.271 e. The van der Waals surface area contributed by atoms with Crippen LogP contribution in [0.5, 0.6) is 0 Å². The van der Waals surface area contributed by atoms with Gasteiger partial charge in [-0.05, 0) is 137 Å². The molecule has 2 heterocycles. The number of nitrogens with one attached hydrogen (secondary N) is 2. The maximum absolute atomic E-state index is 12.3. The maximum Gasteiger partial charge on any atom is 0.271 e. The highest BCUT2D eigenvalue weighted by molar-refractivity contribution is 5.91. The average molecular weight is 623 g/mol. The number of nitrogens with zero attached hydrogens (tertiary/aromatic N) is 8. The van der Waals surface area contributed by atoms with Crippen molar-refractivity contribution >= 4 is 28.8 Å². The van der Waals surface area contributed by atoms with Crippen molar-refractivity contribution in [2.45, 2.75) is 59.4 Å². The Morgan fingerprint density at radius 1 is 1.02 bits per heavy atom. The number of nitroso groups, excluding NO2 is 1. The van der Waals surface area contributed by atoms with Gasteiger partial charge in [0.05, 0.1) is 0 Å². The van der Waals surface area contributed by atoms with E-state index in [1.54, 1.807) is 19.1 Å². The molecule has 0 bridgehead atoms. The van der Waals surface area contributed by atoms with Crippen molar-refractivity contribution in [2.24, 2.45) is 26.4 Å². The van der Waals surface area contributed by atoms with Crippen LogP contribution in [0, 0.1) is 118 Å². The number of carbonyl (C=O) groups excluding carboxylic acids is 1. The van der Waals surface area contributed by atoms with Crippen molar-refractivity contribution in [3.8, 4) is 95.2 Å². The summed E-state index contributed by atoms with van der Waals surface area (Å²) in [7, 11) is 0. The zero-order valence-corrected chi connectivity index (χ0v) is 25.5. The highest BCUT2D eigenvalue weighted by Crippen LogP contribution is 2.37. The third kappa shape index (κ3) is 15.2. The van der Waals surface area contributed by atoms with Crippen LogP contribution in [-0.4, -0.2) is 20.4 Å². The first-order valence-electron chi connectivity index (χ1n) is 13.2. The Hall–Kier alpha value is -7.14. The lowest BCUT2D eigenvalue weighted by atomic mass is 9.92. The van der Waals surface area contributed by atoms with Gasteiger partial charge in [-0.2, -0.15) is 5.53 Å². The van der Waals surface area contributed by atoms with Gasteiger partial charge in [0.2, 0.25) is 11.9 Å². The van der Waals surface area contributed by atoms with Crippen molar-refractivity contribution < 1.29 is 16.2 Å². The molecule has 46 heavy (non-hydrogen) atoms. The molecule has 1 amide bonds. The summed E-state index contributed by atoms with van der Waals surface area (Å²) in [5, 5.41) is 12.2. The molecule has 2 N–H and O–H groups in total. The van der Waals surface area contributed by atoms with Crippen molar-refractivity contribution in [2.75, 3.05) is 5.32 Å². The number of fused-ring (bicyclic) bond motifs is 1. The maximum atomic E-state index is 12.3. The predicted octanol–water partition coefficient (Wildman–Crippen LogP) is 7.78. The van der Waals surface area contributed by atoms with Crippen molar-refractivity contribution in [1.82, 2.24) is 14.5 Å². The molecule has 0 saturated heterocycles. The van der Waals surface area contributed by atoms with Gasteiger partial charge in [-0.1, -0.05) is 38.2 Å². The highest BCUT2D eigenvalue weighted by atomic mass is 16.3. The molecular formula is C34H42N10O2. The van der Waals surface area contributed by atoms with E-state index >= 15 is 0 Å². The first-order valence-corrected chi connectivity index (χ1v) is 13.2. The van der Waals surface area contributed by atoms with E-state index in [4.69, 9.17) is 23.4 Å². The molecule has 12 nitrogen and oxygen atoms in total. The van der Waals surface area contributed by atoms with E-state index in [-0.39, 0.29) is 22.7 Å². The molecule has 2 aromatic rings. The number of imidazole rings is 1. The van der Waals surface area contributed by atoms with Crippen LogP contribution in [0.15, 0.2) is 33.1 Å². The van der Waals surface area contributed by atoms with Gasteiger partial charge in [-0.15, -0.1) is 11.3 Å². The van der Waals surface area contributed by atoms with Gasteiger partial charge in [0, 0.05) is 29.1 Å². The minimum atomic E-state index is -0.0765. The number of terminal acetylenes is 1. The van der Waals surface area contributed by atoms with Crippen LogP contribution in [0.3, 0.4) is 0 Å². The Labute approximate surface area is 280 Å². The average Bonchev–Trinajstić information content (AvgIpc) is 3.33. The molecule has 1 aliphatic rings. The van der Waals surface area contributed by atoms with Gasteiger partial charge >= 0.3 is 0 Å². The Bertz CT molecular complexity index is 2020. The van der Waals surface area contributed by atoms with Gasteiger partial charge in [-0.25, -0.2) is 4.98 Å². The Kier molecular flexibility index (Phi) is 17.3. The first kappa shape index (κ1) is 36.9. The fourth-order valence-corrected chi connectivity index (χ4v) is 3.23. The largest absolute Gasteiger partial charge is 0.361 e. The normalized spacial score (nSPS) is 10.1. The standard InChI is InChI=1S/C17H21N5O.C17H4.HN5O.8H2/c1-17(2,3)10-14(23)21-16-19-12-8-9-13(18-4)20-15(12)22(16)11-6-5-7-11;1-3-5-7-9-11-13-15-17-16-14-12-10-8-6-4-2;1-2-3-4-5-6;;;;;;;;/h8-9,11H,5-7,10H2,1-3H3,(H,19,21,23);1H,2H3;1H;8*1H/b;;2-1?,4-3+;;;;;;;;. The predicted molar refractivity (Wildman–Crippen MR) is 191 cm³/mol. The van der Waals surface area contributed by atoms with Gasteiger partial charge in [-0.3, -0.25) is 14.7 Å². The SMILES string of the molecule is C#CC#CC#CC#CC#CC#CC#CC#CC.N=N/N=N/N=O.[C-]#[N+]c1ccc2nc(NC(=O)CC(C)(C)C)n(C3CCC3)c2n1.[HH].[HH].[HH].[HH].[HH].[HH].[HH].[HH]. The quantitative estimate of drug-likeness (QED) is 0.115. The number of amides is 1. The van der Waals surface area contributed by atoms with E-state index < -0.39 is 0 Å². The summed E-state index contributed by atoms with van der Waals surface area (Å²) in [6.45, 7) is 14.9. The summed E-state index contributed by atoms with van der Waals surface area (Å²) in [6.07, 6.45) is 8.59. The van der Waals surface area contributed by atoms with Gasteiger partial charge in [0.1, 0.15) is 10.8 Å². The van der Waals surface area contributed by atoms with E-state index in [0.717, 1.165) is 18.4 Å². The summed E-state index contributed by atoms with van der Waals surface area (Å²) < 4.78 is 1.99. The molecule has 240 valence electrons. The Morgan fingerprint density at radius 3 is 2.00 bits per heavy atom. The lowest BCUT2D eigenvalue weighted by Crippen LogP contribution is -2.24. The molecule has 1 saturated carbocycles. The van der Waals surface area contributed by atoms with E-state index in [1.165, 1.54) is 6.42 Å². The van der Waals surface area contributed by atoms with Crippen LogP contribution < -0.4 is 5.32 Å². The molecular weight excluding hydrogens is 580 g/mol. The summed E-state index contributed by atoms with van der Waals surface area (Å²) in [4.78, 5) is 33.5. The second-order valence-electron chi connectivity index (χ2n) is 9.68. The molecule has 0 spiro atoms. The van der Waals surface area contributed by atoms with Gasteiger partial charge in [0.25, 0.3) is 11.5 Å². The van der Waals surface area contributed by atoms with Crippen LogP contribution in [0.4, 0.5) is 11.8 Å². The second kappa shape index (κ2) is 21.5.